The third kappa shape index (κ3) is 4.22. The van der Waals surface area contributed by atoms with E-state index in [2.05, 4.69) is 5.32 Å². The van der Waals surface area contributed by atoms with Crippen molar-refractivity contribution in [2.45, 2.75) is 4.90 Å². The zero-order valence-corrected chi connectivity index (χ0v) is 9.64. The van der Waals surface area contributed by atoms with Crippen molar-refractivity contribution in [2.24, 2.45) is 5.73 Å². The molecule has 6 heteroatoms. The molecule has 0 unspecified atom stereocenters. The van der Waals surface area contributed by atoms with Crippen LogP contribution < -0.4 is 16.4 Å². The van der Waals surface area contributed by atoms with Gasteiger partial charge in [-0.25, -0.2) is 4.79 Å². The highest BCUT2D eigenvalue weighted by molar-refractivity contribution is 7.98. The first-order valence-electron chi connectivity index (χ1n) is 4.59. The maximum Gasteiger partial charge on any atom is 0.318 e. The minimum Gasteiger partial charge on any atom is -0.376 e. The maximum absolute atomic E-state index is 11.1. The van der Waals surface area contributed by atoms with E-state index in [1.807, 2.05) is 35.8 Å². The number of thioether (sulfide) groups is 1. The van der Waals surface area contributed by atoms with Crippen LogP contribution in [0.3, 0.4) is 0 Å². The number of urea groups is 1. The Morgan fingerprint density at radius 2 is 1.94 bits per heavy atom. The highest BCUT2D eigenvalue weighted by Gasteiger charge is 2.03. The zero-order chi connectivity index (χ0) is 12.0. The van der Waals surface area contributed by atoms with Gasteiger partial charge in [0.25, 0.3) is 0 Å². The van der Waals surface area contributed by atoms with Gasteiger partial charge in [0.2, 0.25) is 5.91 Å². The fraction of sp³-hybridized carbons (Fsp3) is 0.200. The quantitative estimate of drug-likeness (QED) is 0.685. The molecule has 5 nitrogen and oxygen atoms in total. The van der Waals surface area contributed by atoms with Gasteiger partial charge in [-0.1, -0.05) is 0 Å². The molecule has 0 spiro atoms. The van der Waals surface area contributed by atoms with Crippen molar-refractivity contribution in [2.75, 3.05) is 18.1 Å². The summed E-state index contributed by atoms with van der Waals surface area (Å²) in [7, 11) is 0. The summed E-state index contributed by atoms with van der Waals surface area (Å²) in [5, 5.41) is 4.84. The van der Waals surface area contributed by atoms with Gasteiger partial charge in [0.1, 0.15) is 0 Å². The van der Waals surface area contributed by atoms with Crippen molar-refractivity contribution < 1.29 is 9.59 Å². The van der Waals surface area contributed by atoms with Crippen molar-refractivity contribution in [3.05, 3.63) is 24.3 Å². The summed E-state index contributed by atoms with van der Waals surface area (Å²) < 4.78 is 0. The Morgan fingerprint density at radius 1 is 1.31 bits per heavy atom. The van der Waals surface area contributed by atoms with E-state index >= 15 is 0 Å². The van der Waals surface area contributed by atoms with E-state index in [1.54, 1.807) is 11.8 Å². The fourth-order valence-electron chi connectivity index (χ4n) is 1.07. The molecule has 1 aromatic carbocycles. The molecule has 3 amide bonds. The van der Waals surface area contributed by atoms with E-state index in [0.29, 0.717) is 0 Å². The first-order chi connectivity index (χ1) is 7.61. The standard InChI is InChI=1S/C10H13N3O2S/c1-16-8-4-2-7(3-5-8)12-6-9(14)13-10(11)15/h2-5,12H,6H2,1H3,(H3,11,13,14,15). The average Bonchev–Trinajstić information content (AvgIpc) is 2.26. The molecule has 0 radical (unpaired) electrons. The number of amides is 3. The van der Waals surface area contributed by atoms with E-state index in [-0.39, 0.29) is 6.54 Å². The summed E-state index contributed by atoms with van der Waals surface area (Å²) in [5.41, 5.74) is 5.62. The van der Waals surface area contributed by atoms with Crippen molar-refractivity contribution >= 4 is 29.4 Å². The molecule has 0 aliphatic carbocycles. The third-order valence-corrected chi connectivity index (χ3v) is 2.55. The first-order valence-corrected chi connectivity index (χ1v) is 5.81. The minimum atomic E-state index is -0.843. The first kappa shape index (κ1) is 12.4. The summed E-state index contributed by atoms with van der Waals surface area (Å²) in [5.74, 6) is -0.457. The normalized spacial score (nSPS) is 9.56. The van der Waals surface area contributed by atoms with Gasteiger partial charge in [0.15, 0.2) is 0 Å². The van der Waals surface area contributed by atoms with Gasteiger partial charge >= 0.3 is 6.03 Å². The number of hydrogen-bond donors (Lipinski definition) is 3. The fourth-order valence-corrected chi connectivity index (χ4v) is 1.48. The van der Waals surface area contributed by atoms with Crippen molar-refractivity contribution in [3.8, 4) is 0 Å². The third-order valence-electron chi connectivity index (χ3n) is 1.81. The molecule has 0 aliphatic rings. The number of primary amides is 1. The van der Waals surface area contributed by atoms with Crippen molar-refractivity contribution in [1.29, 1.82) is 0 Å². The topological polar surface area (TPSA) is 84.2 Å². The number of carbonyl (C=O) groups is 2. The van der Waals surface area contributed by atoms with Crippen LogP contribution in [-0.4, -0.2) is 24.7 Å². The number of imide groups is 1. The van der Waals surface area contributed by atoms with Crippen LogP contribution in [0.2, 0.25) is 0 Å². The second kappa shape index (κ2) is 6.02. The maximum atomic E-state index is 11.1. The Labute approximate surface area is 97.8 Å². The monoisotopic (exact) mass is 239 g/mol. The molecule has 0 atom stereocenters. The number of carbonyl (C=O) groups excluding carboxylic acids is 2. The van der Waals surface area contributed by atoms with Gasteiger partial charge in [-0.05, 0) is 30.5 Å². The Hall–Kier alpha value is -1.69. The molecule has 0 bridgehead atoms. The van der Waals surface area contributed by atoms with Gasteiger partial charge < -0.3 is 11.1 Å². The molecule has 0 heterocycles. The molecule has 1 rings (SSSR count). The number of rotatable bonds is 4. The molecule has 0 aromatic heterocycles. The van der Waals surface area contributed by atoms with E-state index in [4.69, 9.17) is 5.73 Å². The number of nitrogens with one attached hydrogen (secondary N) is 2. The van der Waals surface area contributed by atoms with Crippen molar-refractivity contribution in [3.63, 3.8) is 0 Å². The average molecular weight is 239 g/mol. The van der Waals surface area contributed by atoms with Crippen LogP contribution in [-0.2, 0) is 4.79 Å². The molecule has 0 saturated carbocycles. The Kier molecular flexibility index (Phi) is 4.65. The highest BCUT2D eigenvalue weighted by atomic mass is 32.2. The molecule has 86 valence electrons. The lowest BCUT2D eigenvalue weighted by molar-refractivity contribution is -0.118. The smallest absolute Gasteiger partial charge is 0.318 e. The Bertz CT molecular complexity index is 378. The summed E-state index contributed by atoms with van der Waals surface area (Å²) >= 11 is 1.64. The lowest BCUT2D eigenvalue weighted by Gasteiger charge is -2.06. The summed E-state index contributed by atoms with van der Waals surface area (Å²) in [6.07, 6.45) is 1.99. The molecule has 0 fully saturated rings. The number of benzene rings is 1. The number of anilines is 1. The van der Waals surface area contributed by atoms with Crippen LogP contribution in [0.1, 0.15) is 0 Å². The molecule has 0 saturated heterocycles. The van der Waals surface area contributed by atoms with Gasteiger partial charge in [-0.15, -0.1) is 11.8 Å². The lowest BCUT2D eigenvalue weighted by atomic mass is 10.3. The molecular formula is C10H13N3O2S. The van der Waals surface area contributed by atoms with E-state index in [9.17, 15) is 9.59 Å². The molecule has 1 aromatic rings. The zero-order valence-electron chi connectivity index (χ0n) is 8.82. The molecule has 4 N–H and O–H groups in total. The minimum absolute atomic E-state index is 0.0154. The van der Waals surface area contributed by atoms with Crippen LogP contribution >= 0.6 is 11.8 Å². The van der Waals surface area contributed by atoms with Gasteiger partial charge in [-0.3, -0.25) is 10.1 Å². The second-order valence-electron chi connectivity index (χ2n) is 2.99. The summed E-state index contributed by atoms with van der Waals surface area (Å²) in [6.45, 7) is 0.0154. The van der Waals surface area contributed by atoms with Crippen LogP contribution in [0, 0.1) is 0 Å². The number of hydrogen-bond acceptors (Lipinski definition) is 4. The van der Waals surface area contributed by atoms with Crippen LogP contribution in [0.4, 0.5) is 10.5 Å². The predicted molar refractivity (Wildman–Crippen MR) is 64.4 cm³/mol. The SMILES string of the molecule is CSc1ccc(NCC(=O)NC(N)=O)cc1. The largest absolute Gasteiger partial charge is 0.376 e. The van der Waals surface area contributed by atoms with Gasteiger partial charge in [0.05, 0.1) is 6.54 Å². The lowest BCUT2D eigenvalue weighted by Crippen LogP contribution is -2.38. The Morgan fingerprint density at radius 3 is 2.44 bits per heavy atom. The summed E-state index contributed by atoms with van der Waals surface area (Å²) in [6, 6.07) is 6.77. The highest BCUT2D eigenvalue weighted by Crippen LogP contribution is 2.17. The van der Waals surface area contributed by atoms with Crippen molar-refractivity contribution in [1.82, 2.24) is 5.32 Å². The summed E-state index contributed by atoms with van der Waals surface area (Å²) in [4.78, 5) is 22.6. The molecule has 0 aliphatic heterocycles. The van der Waals surface area contributed by atoms with Crippen LogP contribution in [0.15, 0.2) is 29.2 Å². The predicted octanol–water partition coefficient (Wildman–Crippen LogP) is 1.02. The number of nitrogens with two attached hydrogens (primary N) is 1. The Balaban J connectivity index is 2.42. The van der Waals surface area contributed by atoms with E-state index in [1.165, 1.54) is 0 Å². The molecule has 16 heavy (non-hydrogen) atoms. The van der Waals surface area contributed by atoms with E-state index < -0.39 is 11.9 Å². The van der Waals surface area contributed by atoms with E-state index in [0.717, 1.165) is 10.6 Å². The van der Waals surface area contributed by atoms with Crippen LogP contribution in [0.5, 0.6) is 0 Å². The van der Waals surface area contributed by atoms with Crippen LogP contribution in [0.25, 0.3) is 0 Å². The second-order valence-corrected chi connectivity index (χ2v) is 3.87. The van der Waals surface area contributed by atoms with Gasteiger partial charge in [-0.2, -0.15) is 0 Å². The van der Waals surface area contributed by atoms with Gasteiger partial charge in [0, 0.05) is 10.6 Å². The molecular weight excluding hydrogens is 226 g/mol.